The van der Waals surface area contributed by atoms with E-state index < -0.39 is 0 Å². The molecule has 0 bridgehead atoms. The third-order valence-corrected chi connectivity index (χ3v) is 5.07. The summed E-state index contributed by atoms with van der Waals surface area (Å²) in [4.78, 5) is 41.4. The molecule has 1 fully saturated rings. The Bertz CT molecular complexity index is 1140. The quantitative estimate of drug-likeness (QED) is 0.621. The van der Waals surface area contributed by atoms with Gasteiger partial charge in [0, 0.05) is 36.9 Å². The van der Waals surface area contributed by atoms with Crippen LogP contribution in [0, 0.1) is 0 Å². The first-order chi connectivity index (χ1) is 13.9. The molecular formula is C21H23N5O3. The molecule has 0 atom stereocenters. The third-order valence-electron chi connectivity index (χ3n) is 5.07. The molecular weight excluding hydrogens is 370 g/mol. The average molecular weight is 393 g/mol. The van der Waals surface area contributed by atoms with Crippen molar-refractivity contribution in [3.05, 3.63) is 64.1 Å². The zero-order valence-corrected chi connectivity index (χ0v) is 16.4. The van der Waals surface area contributed by atoms with Gasteiger partial charge in [0.15, 0.2) is 0 Å². The van der Waals surface area contributed by atoms with E-state index >= 15 is 0 Å². The molecule has 2 heterocycles. The van der Waals surface area contributed by atoms with Gasteiger partial charge in [-0.1, -0.05) is 18.2 Å². The largest absolute Gasteiger partial charge is 0.336 e. The Balaban J connectivity index is 1.61. The lowest BCUT2D eigenvalue weighted by atomic mass is 10.1. The molecule has 3 amide bonds. The predicted octanol–water partition coefficient (Wildman–Crippen LogP) is 2.69. The van der Waals surface area contributed by atoms with Gasteiger partial charge in [0.25, 0.3) is 5.91 Å². The molecule has 29 heavy (non-hydrogen) atoms. The first kappa shape index (κ1) is 18.8. The molecule has 150 valence electrons. The molecule has 1 aliphatic rings. The van der Waals surface area contributed by atoms with E-state index in [4.69, 9.17) is 0 Å². The first-order valence-corrected chi connectivity index (χ1v) is 9.60. The molecule has 0 aliphatic carbocycles. The minimum atomic E-state index is -0.269. The Morgan fingerprint density at radius 2 is 1.97 bits per heavy atom. The van der Waals surface area contributed by atoms with Crippen molar-refractivity contribution in [1.29, 1.82) is 0 Å². The van der Waals surface area contributed by atoms with Gasteiger partial charge in [0.2, 0.25) is 0 Å². The average Bonchev–Trinajstić information content (AvgIpc) is 3.24. The van der Waals surface area contributed by atoms with Crippen LogP contribution in [0.1, 0.15) is 35.8 Å². The molecule has 0 radical (unpaired) electrons. The molecule has 8 nitrogen and oxygen atoms in total. The fourth-order valence-electron chi connectivity index (χ4n) is 3.62. The van der Waals surface area contributed by atoms with Crippen LogP contribution in [0.2, 0.25) is 0 Å². The Labute approximate surface area is 167 Å². The minimum absolute atomic E-state index is 0.0260. The zero-order chi connectivity index (χ0) is 20.5. The Kier molecular flexibility index (Phi) is 4.84. The summed E-state index contributed by atoms with van der Waals surface area (Å²) in [6.45, 7) is 5.53. The number of para-hydroxylation sites is 1. The maximum atomic E-state index is 12.9. The van der Waals surface area contributed by atoms with Gasteiger partial charge in [-0.25, -0.2) is 9.59 Å². The molecule has 3 aromatic rings. The van der Waals surface area contributed by atoms with E-state index in [2.05, 4.69) is 15.6 Å². The number of hydrogen-bond donors (Lipinski definition) is 3. The topological polar surface area (TPSA) is 99.2 Å². The van der Waals surface area contributed by atoms with Crippen LogP contribution >= 0.6 is 0 Å². The van der Waals surface area contributed by atoms with Crippen LogP contribution in [0.25, 0.3) is 11.0 Å². The van der Waals surface area contributed by atoms with Crippen molar-refractivity contribution in [2.45, 2.75) is 26.4 Å². The fraction of sp³-hybridized carbons (Fsp3) is 0.286. The number of H-pyrrole nitrogens is 1. The third kappa shape index (κ3) is 3.61. The van der Waals surface area contributed by atoms with E-state index in [9.17, 15) is 14.4 Å². The first-order valence-electron chi connectivity index (χ1n) is 9.60. The fourth-order valence-corrected chi connectivity index (χ4v) is 3.62. The van der Waals surface area contributed by atoms with Crippen molar-refractivity contribution in [2.24, 2.45) is 0 Å². The lowest BCUT2D eigenvalue weighted by molar-refractivity contribution is 0.102. The SMILES string of the molecule is CC(C)n1c(=O)[nH]c2ccc(C(=O)Nc3ccccc3CN3CCNC3=O)cc21. The number of carbonyl (C=O) groups excluding carboxylic acids is 2. The van der Waals surface area contributed by atoms with Crippen molar-refractivity contribution < 1.29 is 9.59 Å². The van der Waals surface area contributed by atoms with Gasteiger partial charge in [0.1, 0.15) is 0 Å². The highest BCUT2D eigenvalue weighted by Gasteiger charge is 2.21. The van der Waals surface area contributed by atoms with Gasteiger partial charge in [-0.2, -0.15) is 0 Å². The van der Waals surface area contributed by atoms with E-state index in [0.717, 1.165) is 5.56 Å². The van der Waals surface area contributed by atoms with Crippen LogP contribution in [0.15, 0.2) is 47.3 Å². The number of urea groups is 1. The summed E-state index contributed by atoms with van der Waals surface area (Å²) in [7, 11) is 0. The summed E-state index contributed by atoms with van der Waals surface area (Å²) in [6.07, 6.45) is 0. The summed E-state index contributed by atoms with van der Waals surface area (Å²) >= 11 is 0. The normalized spacial score (nSPS) is 13.9. The second kappa shape index (κ2) is 7.46. The second-order valence-corrected chi connectivity index (χ2v) is 7.39. The number of nitrogens with zero attached hydrogens (tertiary/aromatic N) is 2. The number of rotatable bonds is 5. The molecule has 4 rings (SSSR count). The van der Waals surface area contributed by atoms with Crippen LogP contribution in [0.3, 0.4) is 0 Å². The van der Waals surface area contributed by atoms with E-state index in [1.54, 1.807) is 27.7 Å². The molecule has 1 aliphatic heterocycles. The van der Waals surface area contributed by atoms with Crippen LogP contribution in [-0.4, -0.2) is 39.5 Å². The van der Waals surface area contributed by atoms with Crippen molar-refractivity contribution in [3.8, 4) is 0 Å². The Morgan fingerprint density at radius 3 is 2.69 bits per heavy atom. The smallest absolute Gasteiger partial charge is 0.326 e. The van der Waals surface area contributed by atoms with Crippen molar-refractivity contribution >= 4 is 28.7 Å². The summed E-state index contributed by atoms with van der Waals surface area (Å²) in [5.41, 5.74) is 3.18. The highest BCUT2D eigenvalue weighted by molar-refractivity contribution is 6.06. The van der Waals surface area contributed by atoms with Crippen LogP contribution in [-0.2, 0) is 6.54 Å². The molecule has 1 saturated heterocycles. The van der Waals surface area contributed by atoms with Crippen LogP contribution in [0.5, 0.6) is 0 Å². The number of benzene rings is 2. The lowest BCUT2D eigenvalue weighted by Crippen LogP contribution is -2.28. The van der Waals surface area contributed by atoms with Gasteiger partial charge in [-0.05, 0) is 43.7 Å². The number of carbonyl (C=O) groups is 2. The van der Waals surface area contributed by atoms with Crippen LogP contribution in [0.4, 0.5) is 10.5 Å². The number of imidazole rings is 1. The Hall–Kier alpha value is -3.55. The number of amides is 3. The molecule has 8 heteroatoms. The highest BCUT2D eigenvalue weighted by atomic mass is 16.2. The Morgan fingerprint density at radius 1 is 1.17 bits per heavy atom. The summed E-state index contributed by atoms with van der Waals surface area (Å²) in [5.74, 6) is -0.269. The predicted molar refractivity (Wildman–Crippen MR) is 111 cm³/mol. The molecule has 0 saturated carbocycles. The molecule has 0 unspecified atom stereocenters. The van der Waals surface area contributed by atoms with Gasteiger partial charge >= 0.3 is 11.7 Å². The highest BCUT2D eigenvalue weighted by Crippen LogP contribution is 2.21. The number of hydrogen-bond acceptors (Lipinski definition) is 3. The lowest BCUT2D eigenvalue weighted by Gasteiger charge is -2.17. The van der Waals surface area contributed by atoms with Gasteiger partial charge in [0.05, 0.1) is 11.0 Å². The van der Waals surface area contributed by atoms with Crippen molar-refractivity contribution in [3.63, 3.8) is 0 Å². The molecule has 1 aromatic heterocycles. The molecule has 0 spiro atoms. The van der Waals surface area contributed by atoms with E-state index in [0.29, 0.717) is 41.9 Å². The molecule has 3 N–H and O–H groups in total. The van der Waals surface area contributed by atoms with Crippen molar-refractivity contribution in [1.82, 2.24) is 19.8 Å². The second-order valence-electron chi connectivity index (χ2n) is 7.39. The number of anilines is 1. The van der Waals surface area contributed by atoms with E-state index in [-0.39, 0.29) is 23.7 Å². The maximum Gasteiger partial charge on any atom is 0.326 e. The van der Waals surface area contributed by atoms with Crippen molar-refractivity contribution in [2.75, 3.05) is 18.4 Å². The minimum Gasteiger partial charge on any atom is -0.336 e. The zero-order valence-electron chi connectivity index (χ0n) is 16.4. The van der Waals surface area contributed by atoms with E-state index in [1.165, 1.54) is 0 Å². The monoisotopic (exact) mass is 393 g/mol. The number of fused-ring (bicyclic) bond motifs is 1. The number of nitrogens with one attached hydrogen (secondary N) is 3. The van der Waals surface area contributed by atoms with Gasteiger partial charge in [-0.15, -0.1) is 0 Å². The number of aromatic nitrogens is 2. The maximum absolute atomic E-state index is 12.9. The standard InChI is InChI=1S/C21H23N5O3/c1-13(2)26-18-11-14(7-8-17(18)24-21(26)29)19(27)23-16-6-4-3-5-15(16)12-25-10-9-22-20(25)28/h3-8,11,13H,9-10,12H2,1-2H3,(H,22,28)(H,23,27)(H,24,29). The summed E-state index contributed by atoms with van der Waals surface area (Å²) in [6, 6.07) is 12.5. The number of aromatic amines is 1. The van der Waals surface area contributed by atoms with Gasteiger partial charge < -0.3 is 20.5 Å². The summed E-state index contributed by atoms with van der Waals surface area (Å²) in [5, 5.41) is 5.72. The molecule has 2 aromatic carbocycles. The van der Waals surface area contributed by atoms with Gasteiger partial charge in [-0.3, -0.25) is 9.36 Å². The van der Waals surface area contributed by atoms with E-state index in [1.807, 2.05) is 38.1 Å². The van der Waals surface area contributed by atoms with Crippen LogP contribution < -0.4 is 16.3 Å². The summed E-state index contributed by atoms with van der Waals surface area (Å²) < 4.78 is 1.63.